The van der Waals surface area contributed by atoms with E-state index in [1.165, 1.54) is 10.6 Å². The third-order valence-electron chi connectivity index (χ3n) is 2.66. The smallest absolute Gasteiger partial charge is 0.0479 e. The van der Waals surface area contributed by atoms with Crippen molar-refractivity contribution in [2.75, 3.05) is 11.9 Å². The highest BCUT2D eigenvalue weighted by Gasteiger charge is 2.29. The summed E-state index contributed by atoms with van der Waals surface area (Å²) in [7, 11) is 0. The molecule has 0 fully saturated rings. The van der Waals surface area contributed by atoms with Gasteiger partial charge in [-0.15, -0.1) is 11.8 Å². The van der Waals surface area contributed by atoms with Gasteiger partial charge in [0.05, 0.1) is 0 Å². The van der Waals surface area contributed by atoms with Crippen molar-refractivity contribution < 1.29 is 0 Å². The molecule has 1 unspecified atom stereocenters. The van der Waals surface area contributed by atoms with E-state index in [0.717, 1.165) is 11.6 Å². The zero-order chi connectivity index (χ0) is 11.1. The van der Waals surface area contributed by atoms with Gasteiger partial charge in [0.2, 0.25) is 0 Å². The van der Waals surface area contributed by atoms with Crippen molar-refractivity contribution in [1.82, 2.24) is 0 Å². The van der Waals surface area contributed by atoms with Crippen LogP contribution in [0.25, 0.3) is 0 Å². The minimum atomic E-state index is 0.317. The summed E-state index contributed by atoms with van der Waals surface area (Å²) in [6, 6.07) is 6.04. The average Bonchev–Trinajstić information content (AvgIpc) is 2.15. The molecule has 0 bridgehead atoms. The monoisotopic (exact) mass is 241 g/mol. The van der Waals surface area contributed by atoms with Crippen LogP contribution >= 0.6 is 23.4 Å². The molecule has 15 heavy (non-hydrogen) atoms. The topological polar surface area (TPSA) is 12.0 Å². The Balaban J connectivity index is 2.26. The van der Waals surface area contributed by atoms with Crippen LogP contribution in [0.3, 0.4) is 0 Å². The van der Waals surface area contributed by atoms with E-state index < -0.39 is 0 Å². The highest BCUT2D eigenvalue weighted by molar-refractivity contribution is 8.00. The lowest BCUT2D eigenvalue weighted by Gasteiger charge is -2.34. The number of benzene rings is 1. The third-order valence-corrected chi connectivity index (χ3v) is 4.64. The quantitative estimate of drug-likeness (QED) is 0.728. The molecule has 1 aliphatic heterocycles. The van der Waals surface area contributed by atoms with Gasteiger partial charge >= 0.3 is 0 Å². The molecule has 1 nitrogen and oxygen atoms in total. The summed E-state index contributed by atoms with van der Waals surface area (Å²) in [6.07, 6.45) is 0. The van der Waals surface area contributed by atoms with Gasteiger partial charge in [-0.3, -0.25) is 0 Å². The Morgan fingerprint density at radius 3 is 2.80 bits per heavy atom. The van der Waals surface area contributed by atoms with E-state index in [4.69, 9.17) is 11.6 Å². The second-order valence-electron chi connectivity index (χ2n) is 4.99. The van der Waals surface area contributed by atoms with Crippen LogP contribution in [0, 0.1) is 5.41 Å². The van der Waals surface area contributed by atoms with Gasteiger partial charge in [-0.25, -0.2) is 0 Å². The molecule has 3 heteroatoms. The minimum absolute atomic E-state index is 0.317. The Kier molecular flexibility index (Phi) is 2.91. The highest BCUT2D eigenvalue weighted by atomic mass is 35.5. The van der Waals surface area contributed by atoms with Gasteiger partial charge in [-0.1, -0.05) is 32.4 Å². The van der Waals surface area contributed by atoms with Crippen LogP contribution < -0.4 is 5.32 Å². The van der Waals surface area contributed by atoms with E-state index in [0.29, 0.717) is 10.7 Å². The van der Waals surface area contributed by atoms with Crippen molar-refractivity contribution in [3.05, 3.63) is 23.2 Å². The van der Waals surface area contributed by atoms with Crippen LogP contribution in [0.5, 0.6) is 0 Å². The van der Waals surface area contributed by atoms with Crippen LogP contribution in [0.1, 0.15) is 20.8 Å². The molecule has 0 aromatic heterocycles. The van der Waals surface area contributed by atoms with Gasteiger partial charge in [0.1, 0.15) is 0 Å². The standard InChI is InChI=1S/C12H16ClNS/c1-12(2,3)11-7-14-9-5-4-8(13)6-10(9)15-11/h4-6,11,14H,7H2,1-3H3. The number of fused-ring (bicyclic) bond motifs is 1. The second-order valence-corrected chi connectivity index (χ2v) is 6.67. The van der Waals surface area contributed by atoms with Crippen molar-refractivity contribution in [2.24, 2.45) is 5.41 Å². The lowest BCUT2D eigenvalue weighted by Crippen LogP contribution is -2.32. The SMILES string of the molecule is CC(C)(C)C1CNc2ccc(Cl)cc2S1. The van der Waals surface area contributed by atoms with Crippen molar-refractivity contribution in [1.29, 1.82) is 0 Å². The summed E-state index contributed by atoms with van der Waals surface area (Å²) in [5, 5.41) is 4.88. The first-order chi connectivity index (χ1) is 6.97. The molecule has 0 radical (unpaired) electrons. The van der Waals surface area contributed by atoms with Crippen molar-refractivity contribution >= 4 is 29.1 Å². The molecule has 1 aliphatic rings. The highest BCUT2D eigenvalue weighted by Crippen LogP contribution is 2.42. The summed E-state index contributed by atoms with van der Waals surface area (Å²) < 4.78 is 0. The van der Waals surface area contributed by atoms with Gasteiger partial charge in [-0.2, -0.15) is 0 Å². The molecular weight excluding hydrogens is 226 g/mol. The van der Waals surface area contributed by atoms with E-state index in [9.17, 15) is 0 Å². The van der Waals surface area contributed by atoms with E-state index in [1.54, 1.807) is 0 Å². The number of anilines is 1. The van der Waals surface area contributed by atoms with E-state index in [1.807, 2.05) is 23.9 Å². The van der Waals surface area contributed by atoms with Crippen LogP contribution in [0.4, 0.5) is 5.69 Å². The first-order valence-electron chi connectivity index (χ1n) is 5.17. The summed E-state index contributed by atoms with van der Waals surface area (Å²) in [5.41, 5.74) is 1.53. The Morgan fingerprint density at radius 1 is 1.40 bits per heavy atom. The van der Waals surface area contributed by atoms with Gasteiger partial charge in [0.15, 0.2) is 0 Å². The fourth-order valence-corrected chi connectivity index (χ4v) is 3.15. The Labute approximate surface area is 101 Å². The zero-order valence-corrected chi connectivity index (χ0v) is 10.9. The fraction of sp³-hybridized carbons (Fsp3) is 0.500. The maximum absolute atomic E-state index is 6.00. The third kappa shape index (κ3) is 2.43. The number of rotatable bonds is 0. The molecule has 82 valence electrons. The molecule has 1 aromatic rings. The van der Waals surface area contributed by atoms with E-state index >= 15 is 0 Å². The first-order valence-corrected chi connectivity index (χ1v) is 6.42. The molecule has 1 atom stereocenters. The molecule has 1 heterocycles. The molecule has 1 aromatic carbocycles. The Hall–Kier alpha value is -0.340. The van der Waals surface area contributed by atoms with Crippen molar-refractivity contribution in [3.8, 4) is 0 Å². The summed E-state index contributed by atoms with van der Waals surface area (Å²) in [4.78, 5) is 1.27. The molecule has 1 N–H and O–H groups in total. The number of halogens is 1. The van der Waals surface area contributed by atoms with Crippen LogP contribution in [-0.4, -0.2) is 11.8 Å². The normalized spacial score (nSPS) is 20.7. The number of thioether (sulfide) groups is 1. The van der Waals surface area contributed by atoms with Crippen molar-refractivity contribution in [2.45, 2.75) is 30.9 Å². The van der Waals surface area contributed by atoms with E-state index in [2.05, 4.69) is 32.2 Å². The predicted molar refractivity (Wildman–Crippen MR) is 69.0 cm³/mol. The summed E-state index contributed by atoms with van der Waals surface area (Å²) in [6.45, 7) is 7.87. The predicted octanol–water partition coefficient (Wildman–Crippen LogP) is 4.27. The van der Waals surface area contributed by atoms with Gasteiger partial charge in [0.25, 0.3) is 0 Å². The second kappa shape index (κ2) is 3.91. The molecule has 0 spiro atoms. The van der Waals surface area contributed by atoms with Crippen LogP contribution in [-0.2, 0) is 0 Å². The molecule has 0 amide bonds. The summed E-state index contributed by atoms with van der Waals surface area (Å²) in [5.74, 6) is 0. The minimum Gasteiger partial charge on any atom is -0.383 e. The number of hydrogen-bond donors (Lipinski definition) is 1. The van der Waals surface area contributed by atoms with Crippen molar-refractivity contribution in [3.63, 3.8) is 0 Å². The number of nitrogens with one attached hydrogen (secondary N) is 1. The molecular formula is C12H16ClNS. The van der Waals surface area contributed by atoms with Crippen LogP contribution in [0.15, 0.2) is 23.1 Å². The van der Waals surface area contributed by atoms with Gasteiger partial charge in [0, 0.05) is 27.4 Å². The Morgan fingerprint density at radius 2 is 2.13 bits per heavy atom. The first kappa shape index (κ1) is 11.2. The molecule has 0 aliphatic carbocycles. The molecule has 0 saturated heterocycles. The largest absolute Gasteiger partial charge is 0.383 e. The maximum atomic E-state index is 6.00. The fourth-order valence-electron chi connectivity index (χ4n) is 1.62. The lowest BCUT2D eigenvalue weighted by molar-refractivity contribution is 0.401. The lowest BCUT2D eigenvalue weighted by atomic mass is 9.91. The maximum Gasteiger partial charge on any atom is 0.0479 e. The van der Waals surface area contributed by atoms with Gasteiger partial charge in [-0.05, 0) is 23.6 Å². The van der Waals surface area contributed by atoms with Gasteiger partial charge < -0.3 is 5.32 Å². The molecule has 0 saturated carbocycles. The Bertz CT molecular complexity index is 370. The average molecular weight is 242 g/mol. The zero-order valence-electron chi connectivity index (χ0n) is 9.30. The van der Waals surface area contributed by atoms with E-state index in [-0.39, 0.29) is 0 Å². The number of hydrogen-bond acceptors (Lipinski definition) is 2. The summed E-state index contributed by atoms with van der Waals surface area (Å²) >= 11 is 7.93. The van der Waals surface area contributed by atoms with Crippen LogP contribution in [0.2, 0.25) is 5.02 Å². The molecule has 2 rings (SSSR count).